The predicted octanol–water partition coefficient (Wildman–Crippen LogP) is 3.57. The Bertz CT molecular complexity index is 1290. The van der Waals surface area contributed by atoms with Gasteiger partial charge >= 0.3 is 17.8 Å². The summed E-state index contributed by atoms with van der Waals surface area (Å²) in [5.41, 5.74) is 3.63. The Morgan fingerprint density at radius 3 is 2.42 bits per heavy atom. The highest BCUT2D eigenvalue weighted by molar-refractivity contribution is 7.18. The molecule has 0 saturated carbocycles. The molecular formula is C22H15N5O4S2. The van der Waals surface area contributed by atoms with Crippen LogP contribution in [0.25, 0.3) is 10.6 Å². The van der Waals surface area contributed by atoms with Crippen molar-refractivity contribution in [1.82, 2.24) is 15.6 Å². The maximum atomic E-state index is 12.0. The van der Waals surface area contributed by atoms with Crippen LogP contribution in [0.3, 0.4) is 0 Å². The molecule has 11 heteroatoms. The summed E-state index contributed by atoms with van der Waals surface area (Å²) in [5, 5.41) is 16.6. The van der Waals surface area contributed by atoms with Gasteiger partial charge in [0, 0.05) is 5.56 Å². The van der Waals surface area contributed by atoms with Crippen LogP contribution < -0.4 is 15.5 Å². The Hall–Kier alpha value is -4.22. The van der Waals surface area contributed by atoms with Gasteiger partial charge in [-0.25, -0.2) is 10.2 Å². The molecule has 2 amide bonds. The summed E-state index contributed by atoms with van der Waals surface area (Å²) in [7, 11) is 0. The highest BCUT2D eigenvalue weighted by atomic mass is 32.1. The highest BCUT2D eigenvalue weighted by Crippen LogP contribution is 2.25. The van der Waals surface area contributed by atoms with Gasteiger partial charge in [-0.2, -0.15) is 5.10 Å². The number of amides is 2. The normalized spacial score (nSPS) is 10.7. The van der Waals surface area contributed by atoms with Crippen molar-refractivity contribution in [2.45, 2.75) is 0 Å². The van der Waals surface area contributed by atoms with E-state index in [2.05, 4.69) is 26.0 Å². The van der Waals surface area contributed by atoms with E-state index >= 15 is 0 Å². The lowest BCUT2D eigenvalue weighted by Gasteiger charge is -2.03. The fraction of sp³-hybridized carbons (Fsp3) is 0. The minimum atomic E-state index is -0.954. The molecule has 0 aliphatic heterocycles. The fourth-order valence-corrected chi connectivity index (χ4v) is 3.86. The average molecular weight is 478 g/mol. The van der Waals surface area contributed by atoms with Gasteiger partial charge in [-0.05, 0) is 41.3 Å². The van der Waals surface area contributed by atoms with E-state index in [1.165, 1.54) is 17.6 Å². The smallest absolute Gasteiger partial charge is 0.353 e. The van der Waals surface area contributed by atoms with E-state index in [1.807, 2.05) is 30.3 Å². The SMILES string of the molecule is O=C(N/N=C/c1ccc(OC(=O)c2cccs2)cc1)C(=O)Nc1nnc(-c2ccccc2)s1. The summed E-state index contributed by atoms with van der Waals surface area (Å²) in [6.07, 6.45) is 1.36. The predicted molar refractivity (Wildman–Crippen MR) is 125 cm³/mol. The summed E-state index contributed by atoms with van der Waals surface area (Å²) in [6, 6.07) is 19.3. The largest absolute Gasteiger partial charge is 0.422 e. The molecule has 0 aliphatic rings. The Labute approximate surface area is 195 Å². The number of carbonyl (C=O) groups excluding carboxylic acids is 3. The molecule has 0 radical (unpaired) electrons. The van der Waals surface area contributed by atoms with Crippen LogP contribution in [0, 0.1) is 0 Å². The standard InChI is InChI=1S/C22H15N5O4S2/c28-18(24-22-27-26-20(33-22)15-5-2-1-3-6-15)19(29)25-23-13-14-8-10-16(11-9-14)31-21(30)17-7-4-12-32-17/h1-13H,(H,25,29)(H,24,27,28)/b23-13+. The Morgan fingerprint density at radius 2 is 1.70 bits per heavy atom. The number of rotatable bonds is 6. The van der Waals surface area contributed by atoms with E-state index in [0.717, 1.165) is 16.9 Å². The zero-order chi connectivity index (χ0) is 23.0. The number of hydrazone groups is 1. The molecule has 9 nitrogen and oxygen atoms in total. The number of aromatic nitrogens is 2. The van der Waals surface area contributed by atoms with Crippen molar-refractivity contribution in [3.63, 3.8) is 0 Å². The van der Waals surface area contributed by atoms with Crippen molar-refractivity contribution in [1.29, 1.82) is 0 Å². The average Bonchev–Trinajstić information content (AvgIpc) is 3.53. The molecule has 0 unspecified atom stereocenters. The van der Waals surface area contributed by atoms with Crippen molar-refractivity contribution in [3.8, 4) is 16.3 Å². The number of nitrogens with one attached hydrogen (secondary N) is 2. The van der Waals surface area contributed by atoms with Gasteiger partial charge < -0.3 is 4.74 Å². The maximum Gasteiger partial charge on any atom is 0.353 e. The van der Waals surface area contributed by atoms with E-state index in [-0.39, 0.29) is 5.13 Å². The molecule has 0 atom stereocenters. The van der Waals surface area contributed by atoms with Gasteiger partial charge in [0.05, 0.1) is 6.21 Å². The molecule has 164 valence electrons. The van der Waals surface area contributed by atoms with Gasteiger partial charge in [0.2, 0.25) is 5.13 Å². The van der Waals surface area contributed by atoms with Crippen LogP contribution in [-0.4, -0.2) is 34.2 Å². The third-order valence-electron chi connectivity index (χ3n) is 4.07. The fourth-order valence-electron chi connectivity index (χ4n) is 2.52. The van der Waals surface area contributed by atoms with Crippen LogP contribution in [-0.2, 0) is 9.59 Å². The second-order valence-corrected chi connectivity index (χ2v) is 8.29. The Morgan fingerprint density at radius 1 is 0.909 bits per heavy atom. The molecule has 0 spiro atoms. The number of nitrogens with zero attached hydrogens (tertiary/aromatic N) is 3. The van der Waals surface area contributed by atoms with Crippen LogP contribution in [0.1, 0.15) is 15.2 Å². The monoisotopic (exact) mass is 477 g/mol. The lowest BCUT2D eigenvalue weighted by molar-refractivity contribution is -0.136. The molecule has 4 rings (SSSR count). The molecule has 0 saturated heterocycles. The van der Waals surface area contributed by atoms with Crippen LogP contribution in [0.2, 0.25) is 0 Å². The van der Waals surface area contributed by atoms with Crippen LogP contribution in [0.5, 0.6) is 5.75 Å². The molecule has 2 N–H and O–H groups in total. The third kappa shape index (κ3) is 5.93. The van der Waals surface area contributed by atoms with E-state index in [1.54, 1.807) is 41.8 Å². The van der Waals surface area contributed by atoms with Gasteiger partial charge in [0.25, 0.3) is 0 Å². The number of anilines is 1. The number of hydrogen-bond donors (Lipinski definition) is 2. The Balaban J connectivity index is 1.26. The molecule has 0 fully saturated rings. The highest BCUT2D eigenvalue weighted by Gasteiger charge is 2.16. The molecule has 33 heavy (non-hydrogen) atoms. The van der Waals surface area contributed by atoms with E-state index in [9.17, 15) is 14.4 Å². The molecule has 2 aromatic carbocycles. The first-order valence-electron chi connectivity index (χ1n) is 9.47. The van der Waals surface area contributed by atoms with Gasteiger partial charge in [0.1, 0.15) is 15.6 Å². The second-order valence-electron chi connectivity index (χ2n) is 6.37. The minimum Gasteiger partial charge on any atom is -0.422 e. The van der Waals surface area contributed by atoms with Gasteiger partial charge in [-0.3, -0.25) is 14.9 Å². The molecule has 0 bridgehead atoms. The lowest BCUT2D eigenvalue weighted by atomic mass is 10.2. The van der Waals surface area contributed by atoms with Crippen LogP contribution >= 0.6 is 22.7 Å². The first-order valence-corrected chi connectivity index (χ1v) is 11.2. The van der Waals surface area contributed by atoms with E-state index < -0.39 is 17.8 Å². The first-order chi connectivity index (χ1) is 16.1. The number of thiophene rings is 1. The molecule has 0 aliphatic carbocycles. The van der Waals surface area contributed by atoms with E-state index in [4.69, 9.17) is 4.74 Å². The number of benzene rings is 2. The number of carbonyl (C=O) groups is 3. The summed E-state index contributed by atoms with van der Waals surface area (Å²) in [4.78, 5) is 36.5. The van der Waals surface area contributed by atoms with Crippen molar-refractivity contribution < 1.29 is 19.1 Å². The van der Waals surface area contributed by atoms with Gasteiger partial charge in [-0.1, -0.05) is 47.7 Å². The molecular weight excluding hydrogens is 462 g/mol. The maximum absolute atomic E-state index is 12.0. The minimum absolute atomic E-state index is 0.200. The number of ether oxygens (including phenoxy) is 1. The van der Waals surface area contributed by atoms with E-state index in [0.29, 0.717) is 21.2 Å². The first kappa shape index (κ1) is 22.0. The summed E-state index contributed by atoms with van der Waals surface area (Å²) >= 11 is 2.44. The Kier molecular flexibility index (Phi) is 6.93. The topological polar surface area (TPSA) is 123 Å². The summed E-state index contributed by atoms with van der Waals surface area (Å²) in [6.45, 7) is 0. The van der Waals surface area contributed by atoms with Crippen LogP contribution in [0.15, 0.2) is 77.2 Å². The zero-order valence-electron chi connectivity index (χ0n) is 16.8. The molecule has 2 heterocycles. The zero-order valence-corrected chi connectivity index (χ0v) is 18.4. The summed E-state index contributed by atoms with van der Waals surface area (Å²) < 4.78 is 5.27. The van der Waals surface area contributed by atoms with Gasteiger partial charge in [-0.15, -0.1) is 21.5 Å². The third-order valence-corrected chi connectivity index (χ3v) is 5.80. The van der Waals surface area contributed by atoms with Crippen LogP contribution in [0.4, 0.5) is 5.13 Å². The van der Waals surface area contributed by atoms with Crippen molar-refractivity contribution in [3.05, 3.63) is 82.6 Å². The van der Waals surface area contributed by atoms with Gasteiger partial charge in [0.15, 0.2) is 0 Å². The second kappa shape index (κ2) is 10.4. The summed E-state index contributed by atoms with van der Waals surface area (Å²) in [5.74, 6) is -1.93. The van der Waals surface area contributed by atoms with Crippen molar-refractivity contribution >= 4 is 51.8 Å². The number of esters is 1. The molecule has 2 aromatic heterocycles. The quantitative estimate of drug-likeness (QED) is 0.144. The number of hydrogen-bond acceptors (Lipinski definition) is 9. The van der Waals surface area contributed by atoms with Crippen molar-refractivity contribution in [2.75, 3.05) is 5.32 Å². The van der Waals surface area contributed by atoms with Crippen molar-refractivity contribution in [2.24, 2.45) is 5.10 Å². The molecule has 4 aromatic rings. The lowest BCUT2D eigenvalue weighted by Crippen LogP contribution is -2.32.